The van der Waals surface area contributed by atoms with Gasteiger partial charge in [0, 0.05) is 31.9 Å². The van der Waals surface area contributed by atoms with Crippen LogP contribution in [0.1, 0.15) is 97.0 Å². The highest BCUT2D eigenvalue weighted by Crippen LogP contribution is 2.68. The van der Waals surface area contributed by atoms with Gasteiger partial charge in [-0.2, -0.15) is 8.42 Å². The number of aliphatic hydroxyl groups is 1. The van der Waals surface area contributed by atoms with Gasteiger partial charge in [0.2, 0.25) is 5.91 Å². The van der Waals surface area contributed by atoms with E-state index in [1.807, 2.05) is 6.07 Å². The molecule has 8 heteroatoms. The number of fused-ring (bicyclic) bond motifs is 5. The lowest BCUT2D eigenvalue weighted by Crippen LogP contribution is -2.54. The SMILES string of the molecule is C[C@H](CCC(=O)N(CCS(=O)(=O)O)Cc1cccnc1)[C@H]1CC[C@H]2[C@@H]3CC[C@@H]4C[C@H](O)CC[C@]4(C)[C@H]3CC[C@]12C. The van der Waals surface area contributed by atoms with Crippen LogP contribution < -0.4 is 0 Å². The van der Waals surface area contributed by atoms with E-state index in [4.69, 9.17) is 0 Å². The smallest absolute Gasteiger partial charge is 0.266 e. The van der Waals surface area contributed by atoms with E-state index < -0.39 is 15.9 Å². The zero-order valence-electron chi connectivity index (χ0n) is 24.7. The van der Waals surface area contributed by atoms with Crippen molar-refractivity contribution in [2.75, 3.05) is 12.3 Å². The molecule has 1 aromatic rings. The first-order chi connectivity index (χ1) is 18.9. The average Bonchev–Trinajstić information content (AvgIpc) is 3.27. The van der Waals surface area contributed by atoms with Gasteiger partial charge in [-0.25, -0.2) is 0 Å². The highest BCUT2D eigenvalue weighted by Gasteiger charge is 2.60. The third-order valence-electron chi connectivity index (χ3n) is 12.3. The van der Waals surface area contributed by atoms with Crippen molar-refractivity contribution < 1.29 is 22.9 Å². The van der Waals surface area contributed by atoms with Crippen molar-refractivity contribution in [3.8, 4) is 0 Å². The fourth-order valence-electron chi connectivity index (χ4n) is 10.2. The molecule has 7 nitrogen and oxygen atoms in total. The van der Waals surface area contributed by atoms with Crippen LogP contribution in [0.3, 0.4) is 0 Å². The highest BCUT2D eigenvalue weighted by molar-refractivity contribution is 7.85. The molecule has 5 rings (SSSR count). The van der Waals surface area contributed by atoms with Gasteiger partial charge in [0.15, 0.2) is 0 Å². The van der Waals surface area contributed by atoms with Crippen molar-refractivity contribution in [1.82, 2.24) is 9.88 Å². The first-order valence-electron chi connectivity index (χ1n) is 15.7. The molecule has 9 atom stereocenters. The summed E-state index contributed by atoms with van der Waals surface area (Å²) in [6.07, 6.45) is 15.3. The first-order valence-corrected chi connectivity index (χ1v) is 17.3. The quantitative estimate of drug-likeness (QED) is 0.365. The highest BCUT2D eigenvalue weighted by atomic mass is 32.2. The summed E-state index contributed by atoms with van der Waals surface area (Å²) >= 11 is 0. The summed E-state index contributed by atoms with van der Waals surface area (Å²) in [6.45, 7) is 7.68. The van der Waals surface area contributed by atoms with Crippen molar-refractivity contribution in [2.24, 2.45) is 46.3 Å². The van der Waals surface area contributed by atoms with E-state index in [2.05, 4.69) is 25.8 Å². The molecule has 0 bridgehead atoms. The van der Waals surface area contributed by atoms with Gasteiger partial charge in [-0.05, 0) is 122 Å². The van der Waals surface area contributed by atoms with Gasteiger partial charge >= 0.3 is 0 Å². The molecule has 4 fully saturated rings. The summed E-state index contributed by atoms with van der Waals surface area (Å²) < 4.78 is 32.2. The minimum absolute atomic E-state index is 0.0238. The summed E-state index contributed by atoms with van der Waals surface area (Å²) in [4.78, 5) is 19.0. The number of carbonyl (C=O) groups excluding carboxylic acids is 1. The van der Waals surface area contributed by atoms with Crippen LogP contribution in [-0.4, -0.2) is 52.3 Å². The van der Waals surface area contributed by atoms with Crippen molar-refractivity contribution in [1.29, 1.82) is 0 Å². The van der Waals surface area contributed by atoms with E-state index in [1.165, 1.54) is 44.9 Å². The predicted molar refractivity (Wildman–Crippen MR) is 156 cm³/mol. The van der Waals surface area contributed by atoms with Crippen LogP contribution in [0, 0.1) is 46.3 Å². The monoisotopic (exact) mass is 574 g/mol. The molecule has 40 heavy (non-hydrogen) atoms. The van der Waals surface area contributed by atoms with E-state index in [-0.39, 0.29) is 18.6 Å². The standard InChI is InChI=1S/C32H50N2O5S/c1-22(6-11-30(36)34(17-18-40(37,38)39)21-23-5-4-16-33-20-23)27-9-10-28-26-8-7-24-19-25(35)12-14-31(24,2)29(26)13-15-32(27,28)3/h4-5,16,20,22,24-29,35H,6-15,17-19,21H2,1-3H3,(H,37,38,39)/t22-,24-,25-,26+,27-,28+,29+,31+,32-/m1/s1. The van der Waals surface area contributed by atoms with Crippen LogP contribution in [0.2, 0.25) is 0 Å². The molecule has 0 unspecified atom stereocenters. The largest absolute Gasteiger partial charge is 0.393 e. The van der Waals surface area contributed by atoms with E-state index in [1.54, 1.807) is 23.4 Å². The molecule has 4 aliphatic carbocycles. The van der Waals surface area contributed by atoms with Crippen LogP contribution >= 0.6 is 0 Å². The minimum atomic E-state index is -4.16. The number of aromatic nitrogens is 1. The van der Waals surface area contributed by atoms with E-state index in [0.717, 1.165) is 42.6 Å². The molecule has 1 aromatic heterocycles. The number of nitrogens with zero attached hydrogens (tertiary/aromatic N) is 2. The van der Waals surface area contributed by atoms with Crippen molar-refractivity contribution in [2.45, 2.75) is 104 Å². The number of carbonyl (C=O) groups is 1. The van der Waals surface area contributed by atoms with Crippen LogP contribution in [0.5, 0.6) is 0 Å². The fourth-order valence-corrected chi connectivity index (χ4v) is 10.6. The Morgan fingerprint density at radius 1 is 1.10 bits per heavy atom. The molecule has 1 heterocycles. The zero-order chi connectivity index (χ0) is 28.7. The lowest BCUT2D eigenvalue weighted by atomic mass is 9.44. The maximum Gasteiger partial charge on any atom is 0.266 e. The molecule has 4 saturated carbocycles. The Morgan fingerprint density at radius 2 is 1.85 bits per heavy atom. The van der Waals surface area contributed by atoms with Gasteiger partial charge in [0.1, 0.15) is 0 Å². The number of aliphatic hydroxyl groups excluding tert-OH is 1. The third kappa shape index (κ3) is 6.00. The van der Waals surface area contributed by atoms with Crippen LogP contribution in [0.15, 0.2) is 24.5 Å². The predicted octanol–water partition coefficient (Wildman–Crippen LogP) is 5.73. The normalized spacial score (nSPS) is 38.1. The molecule has 0 spiro atoms. The molecule has 4 aliphatic rings. The topological polar surface area (TPSA) is 108 Å². The number of hydrogen-bond acceptors (Lipinski definition) is 5. The van der Waals surface area contributed by atoms with Gasteiger partial charge in [-0.1, -0.05) is 26.8 Å². The zero-order valence-corrected chi connectivity index (χ0v) is 25.5. The van der Waals surface area contributed by atoms with Crippen LogP contribution in [-0.2, 0) is 21.5 Å². The Bertz CT molecular complexity index is 1150. The number of hydrogen-bond donors (Lipinski definition) is 2. The number of amides is 1. The van der Waals surface area contributed by atoms with Crippen molar-refractivity contribution in [3.63, 3.8) is 0 Å². The van der Waals surface area contributed by atoms with Gasteiger partial charge in [-0.15, -0.1) is 0 Å². The second kappa shape index (κ2) is 11.6. The van der Waals surface area contributed by atoms with Gasteiger partial charge in [0.25, 0.3) is 10.1 Å². The van der Waals surface area contributed by atoms with Gasteiger partial charge in [-0.3, -0.25) is 14.3 Å². The Morgan fingerprint density at radius 3 is 2.58 bits per heavy atom. The van der Waals surface area contributed by atoms with Crippen LogP contribution in [0.4, 0.5) is 0 Å². The molecule has 2 N–H and O–H groups in total. The minimum Gasteiger partial charge on any atom is -0.393 e. The Hall–Kier alpha value is -1.51. The first kappa shape index (κ1) is 30.0. The Kier molecular flexibility index (Phi) is 8.72. The molecule has 0 radical (unpaired) electrons. The summed E-state index contributed by atoms with van der Waals surface area (Å²) in [7, 11) is -4.16. The van der Waals surface area contributed by atoms with Crippen molar-refractivity contribution in [3.05, 3.63) is 30.1 Å². The molecule has 0 aliphatic heterocycles. The average molecular weight is 575 g/mol. The second-order valence-corrected chi connectivity index (χ2v) is 15.9. The maximum absolute atomic E-state index is 13.3. The molecular weight excluding hydrogens is 524 g/mol. The maximum atomic E-state index is 13.3. The fraction of sp³-hybridized carbons (Fsp3) is 0.812. The molecule has 0 aromatic carbocycles. The number of rotatable bonds is 9. The Balaban J connectivity index is 1.22. The van der Waals surface area contributed by atoms with Gasteiger partial charge < -0.3 is 10.0 Å². The van der Waals surface area contributed by atoms with E-state index >= 15 is 0 Å². The van der Waals surface area contributed by atoms with E-state index in [0.29, 0.717) is 41.5 Å². The second-order valence-electron chi connectivity index (χ2n) is 14.3. The van der Waals surface area contributed by atoms with E-state index in [9.17, 15) is 22.9 Å². The third-order valence-corrected chi connectivity index (χ3v) is 13.0. The summed E-state index contributed by atoms with van der Waals surface area (Å²) in [5.41, 5.74) is 1.55. The lowest BCUT2D eigenvalue weighted by molar-refractivity contribution is -0.133. The van der Waals surface area contributed by atoms with Crippen molar-refractivity contribution >= 4 is 16.0 Å². The summed E-state index contributed by atoms with van der Waals surface area (Å²) in [5, 5.41) is 10.3. The molecular formula is C32H50N2O5S. The molecule has 0 saturated heterocycles. The van der Waals surface area contributed by atoms with Crippen LogP contribution in [0.25, 0.3) is 0 Å². The molecule has 1 amide bonds. The number of pyridine rings is 1. The Labute approximate surface area is 241 Å². The summed E-state index contributed by atoms with van der Waals surface area (Å²) in [5.74, 6) is 3.53. The van der Waals surface area contributed by atoms with Gasteiger partial charge in [0.05, 0.1) is 11.9 Å². The summed E-state index contributed by atoms with van der Waals surface area (Å²) in [6, 6.07) is 3.68. The molecule has 224 valence electrons. The lowest BCUT2D eigenvalue weighted by Gasteiger charge is -2.61.